The fourth-order valence-corrected chi connectivity index (χ4v) is 2.87. The standard InChI is InChI=1S/C19H20FN3O3/c20-14-5-7-15(8-6-14)21-18(25)13-22-9-11-23(12-10-22)19(26)16-3-1-2-4-17(16)24/h1-8,24H,9-13H2,(H,21,25). The molecule has 0 bridgehead atoms. The summed E-state index contributed by atoms with van der Waals surface area (Å²) in [5.41, 5.74) is 0.833. The van der Waals surface area contributed by atoms with Gasteiger partial charge in [0.05, 0.1) is 12.1 Å². The van der Waals surface area contributed by atoms with E-state index in [9.17, 15) is 19.1 Å². The van der Waals surface area contributed by atoms with E-state index in [4.69, 9.17) is 0 Å². The molecule has 0 spiro atoms. The number of piperazine rings is 1. The first-order chi connectivity index (χ1) is 12.5. The quantitative estimate of drug-likeness (QED) is 0.877. The highest BCUT2D eigenvalue weighted by Gasteiger charge is 2.24. The fraction of sp³-hybridized carbons (Fsp3) is 0.263. The van der Waals surface area contributed by atoms with Crippen molar-refractivity contribution in [3.8, 4) is 5.75 Å². The van der Waals surface area contributed by atoms with Gasteiger partial charge in [-0.2, -0.15) is 0 Å². The number of benzene rings is 2. The van der Waals surface area contributed by atoms with E-state index in [0.717, 1.165) is 0 Å². The molecule has 2 amide bonds. The number of hydrogen-bond donors (Lipinski definition) is 2. The second kappa shape index (κ2) is 7.97. The molecular weight excluding hydrogens is 337 g/mol. The first-order valence-electron chi connectivity index (χ1n) is 8.38. The van der Waals surface area contributed by atoms with Crippen LogP contribution in [0.3, 0.4) is 0 Å². The van der Waals surface area contributed by atoms with Gasteiger partial charge >= 0.3 is 0 Å². The number of amides is 2. The van der Waals surface area contributed by atoms with E-state index in [1.165, 1.54) is 30.3 Å². The molecule has 0 aliphatic carbocycles. The highest BCUT2D eigenvalue weighted by Crippen LogP contribution is 2.18. The normalized spacial score (nSPS) is 14.9. The van der Waals surface area contributed by atoms with Gasteiger partial charge in [0.1, 0.15) is 11.6 Å². The summed E-state index contributed by atoms with van der Waals surface area (Å²) in [5.74, 6) is -0.776. The summed E-state index contributed by atoms with van der Waals surface area (Å²) in [6.07, 6.45) is 0. The Balaban J connectivity index is 1.49. The van der Waals surface area contributed by atoms with Gasteiger partial charge in [-0.15, -0.1) is 0 Å². The molecule has 0 unspecified atom stereocenters. The Bertz CT molecular complexity index is 787. The van der Waals surface area contributed by atoms with Gasteiger partial charge in [0.2, 0.25) is 5.91 Å². The Hall–Kier alpha value is -2.93. The van der Waals surface area contributed by atoms with Crippen molar-refractivity contribution in [1.82, 2.24) is 9.80 Å². The Labute approximate surface area is 150 Å². The lowest BCUT2D eigenvalue weighted by molar-refractivity contribution is -0.117. The van der Waals surface area contributed by atoms with Crippen LogP contribution in [0.25, 0.3) is 0 Å². The molecule has 0 saturated carbocycles. The highest BCUT2D eigenvalue weighted by molar-refractivity contribution is 5.97. The van der Waals surface area contributed by atoms with Gasteiger partial charge in [-0.05, 0) is 36.4 Å². The number of phenolic OH excluding ortho intramolecular Hbond substituents is 1. The summed E-state index contributed by atoms with van der Waals surface area (Å²) in [5, 5.41) is 12.5. The minimum atomic E-state index is -0.353. The minimum absolute atomic E-state index is 0.0291. The van der Waals surface area contributed by atoms with Crippen molar-refractivity contribution in [2.75, 3.05) is 38.0 Å². The van der Waals surface area contributed by atoms with Crippen molar-refractivity contribution >= 4 is 17.5 Å². The third kappa shape index (κ3) is 4.37. The van der Waals surface area contributed by atoms with Crippen LogP contribution in [0.15, 0.2) is 48.5 Å². The number of anilines is 1. The largest absolute Gasteiger partial charge is 0.507 e. The van der Waals surface area contributed by atoms with Crippen molar-refractivity contribution in [2.24, 2.45) is 0 Å². The van der Waals surface area contributed by atoms with Crippen LogP contribution in [0.4, 0.5) is 10.1 Å². The van der Waals surface area contributed by atoms with Gasteiger partial charge in [-0.25, -0.2) is 4.39 Å². The number of rotatable bonds is 4. The van der Waals surface area contributed by atoms with Gasteiger partial charge in [0, 0.05) is 31.9 Å². The van der Waals surface area contributed by atoms with E-state index in [-0.39, 0.29) is 35.5 Å². The monoisotopic (exact) mass is 357 g/mol. The summed E-state index contributed by atoms with van der Waals surface area (Å²) < 4.78 is 12.9. The number of para-hydroxylation sites is 1. The molecule has 0 aromatic heterocycles. The van der Waals surface area contributed by atoms with Crippen molar-refractivity contribution in [2.45, 2.75) is 0 Å². The second-order valence-electron chi connectivity index (χ2n) is 6.14. The fourth-order valence-electron chi connectivity index (χ4n) is 2.87. The maximum atomic E-state index is 12.9. The van der Waals surface area contributed by atoms with Gasteiger partial charge in [0.25, 0.3) is 5.91 Å². The van der Waals surface area contributed by atoms with Crippen LogP contribution < -0.4 is 5.32 Å². The Morgan fingerprint density at radius 1 is 1.00 bits per heavy atom. The predicted molar refractivity (Wildman–Crippen MR) is 95.5 cm³/mol. The lowest BCUT2D eigenvalue weighted by atomic mass is 10.1. The first-order valence-corrected chi connectivity index (χ1v) is 8.38. The van der Waals surface area contributed by atoms with Crippen LogP contribution in [0.5, 0.6) is 5.75 Å². The Morgan fingerprint density at radius 2 is 1.65 bits per heavy atom. The lowest BCUT2D eigenvalue weighted by Gasteiger charge is -2.34. The lowest BCUT2D eigenvalue weighted by Crippen LogP contribution is -2.50. The van der Waals surface area contributed by atoms with E-state index in [2.05, 4.69) is 5.32 Å². The third-order valence-corrected chi connectivity index (χ3v) is 4.29. The molecule has 1 heterocycles. The third-order valence-electron chi connectivity index (χ3n) is 4.29. The van der Waals surface area contributed by atoms with Crippen LogP contribution >= 0.6 is 0 Å². The van der Waals surface area contributed by atoms with Gasteiger partial charge in [0.15, 0.2) is 0 Å². The summed E-state index contributed by atoms with van der Waals surface area (Å²) in [7, 11) is 0. The van der Waals surface area contributed by atoms with Crippen molar-refractivity contribution < 1.29 is 19.1 Å². The van der Waals surface area contributed by atoms with Crippen molar-refractivity contribution in [3.63, 3.8) is 0 Å². The number of carbonyl (C=O) groups is 2. The molecule has 0 atom stereocenters. The number of nitrogens with zero attached hydrogens (tertiary/aromatic N) is 2. The van der Waals surface area contributed by atoms with Crippen LogP contribution in [-0.4, -0.2) is 59.4 Å². The minimum Gasteiger partial charge on any atom is -0.507 e. The zero-order valence-electron chi connectivity index (χ0n) is 14.2. The number of nitrogens with one attached hydrogen (secondary N) is 1. The summed E-state index contributed by atoms with van der Waals surface area (Å²) in [6.45, 7) is 2.30. The van der Waals surface area contributed by atoms with Crippen molar-refractivity contribution in [1.29, 1.82) is 0 Å². The number of phenols is 1. The van der Waals surface area contributed by atoms with Gasteiger partial charge in [-0.1, -0.05) is 12.1 Å². The van der Waals surface area contributed by atoms with E-state index in [1.54, 1.807) is 23.1 Å². The Kier molecular flexibility index (Phi) is 5.48. The molecule has 2 N–H and O–H groups in total. The maximum absolute atomic E-state index is 12.9. The highest BCUT2D eigenvalue weighted by atomic mass is 19.1. The van der Waals surface area contributed by atoms with E-state index >= 15 is 0 Å². The number of aromatic hydroxyl groups is 1. The summed E-state index contributed by atoms with van der Waals surface area (Å²) >= 11 is 0. The van der Waals surface area contributed by atoms with E-state index in [1.807, 2.05) is 4.90 Å². The molecule has 136 valence electrons. The first kappa shape index (κ1) is 17.9. The van der Waals surface area contributed by atoms with Crippen LogP contribution in [0.1, 0.15) is 10.4 Å². The zero-order chi connectivity index (χ0) is 18.5. The zero-order valence-corrected chi connectivity index (χ0v) is 14.2. The topological polar surface area (TPSA) is 72.9 Å². The van der Waals surface area contributed by atoms with Crippen LogP contribution in [0.2, 0.25) is 0 Å². The molecule has 26 heavy (non-hydrogen) atoms. The molecule has 0 radical (unpaired) electrons. The molecule has 2 aromatic rings. The maximum Gasteiger partial charge on any atom is 0.257 e. The molecule has 7 heteroatoms. The van der Waals surface area contributed by atoms with Crippen LogP contribution in [0, 0.1) is 5.82 Å². The molecule has 1 saturated heterocycles. The number of hydrogen-bond acceptors (Lipinski definition) is 4. The molecule has 1 aliphatic heterocycles. The number of halogens is 1. The van der Waals surface area contributed by atoms with Gasteiger partial charge in [-0.3, -0.25) is 14.5 Å². The van der Waals surface area contributed by atoms with E-state index in [0.29, 0.717) is 31.9 Å². The predicted octanol–water partition coefficient (Wildman–Crippen LogP) is 1.93. The summed E-state index contributed by atoms with van der Waals surface area (Å²) in [4.78, 5) is 28.2. The smallest absolute Gasteiger partial charge is 0.257 e. The SMILES string of the molecule is O=C(CN1CCN(C(=O)c2ccccc2O)CC1)Nc1ccc(F)cc1. The molecule has 1 fully saturated rings. The average Bonchev–Trinajstić information content (AvgIpc) is 2.64. The Morgan fingerprint density at radius 3 is 2.31 bits per heavy atom. The van der Waals surface area contributed by atoms with Gasteiger partial charge < -0.3 is 15.3 Å². The molecule has 2 aromatic carbocycles. The molecular formula is C19H20FN3O3. The van der Waals surface area contributed by atoms with Crippen LogP contribution in [-0.2, 0) is 4.79 Å². The molecule has 3 rings (SSSR count). The van der Waals surface area contributed by atoms with E-state index < -0.39 is 0 Å². The average molecular weight is 357 g/mol. The van der Waals surface area contributed by atoms with Crippen molar-refractivity contribution in [3.05, 3.63) is 59.9 Å². The second-order valence-corrected chi connectivity index (χ2v) is 6.14. The number of carbonyl (C=O) groups excluding carboxylic acids is 2. The molecule has 1 aliphatic rings. The molecule has 6 nitrogen and oxygen atoms in total. The summed E-state index contributed by atoms with van der Waals surface area (Å²) in [6, 6.07) is 12.1.